The molecule has 0 aromatic carbocycles. The quantitative estimate of drug-likeness (QED) is 0.236. The summed E-state index contributed by atoms with van der Waals surface area (Å²) in [7, 11) is 0. The molecule has 5 heteroatoms. The van der Waals surface area contributed by atoms with Crippen LogP contribution in [0.2, 0.25) is 0 Å². The highest BCUT2D eigenvalue weighted by molar-refractivity contribution is 9.09. The molecule has 114 valence electrons. The number of carbonyl (C=O) groups is 1. The topological polar surface area (TPSA) is 44.8 Å². The van der Waals surface area contributed by atoms with Crippen molar-refractivity contribution in [3.8, 4) is 0 Å². The number of hydrogen-bond acceptors (Lipinski definition) is 4. The summed E-state index contributed by atoms with van der Waals surface area (Å²) >= 11 is 3.42. The highest BCUT2D eigenvalue weighted by Gasteiger charge is 2.31. The molecule has 0 aliphatic heterocycles. The van der Waals surface area contributed by atoms with Crippen molar-refractivity contribution in [3.05, 3.63) is 0 Å². The van der Waals surface area contributed by atoms with Crippen molar-refractivity contribution in [2.45, 2.75) is 58.7 Å². The van der Waals surface area contributed by atoms with E-state index in [1.165, 1.54) is 0 Å². The van der Waals surface area contributed by atoms with E-state index in [4.69, 9.17) is 14.2 Å². The Morgan fingerprint density at radius 3 is 2.11 bits per heavy atom. The van der Waals surface area contributed by atoms with E-state index in [0.29, 0.717) is 32.7 Å². The number of ether oxygens (including phenoxy) is 3. The molecule has 0 saturated carbocycles. The third-order valence-electron chi connectivity index (χ3n) is 2.77. The molecule has 0 N–H and O–H groups in total. The molecule has 0 aliphatic rings. The van der Waals surface area contributed by atoms with Gasteiger partial charge < -0.3 is 14.2 Å². The van der Waals surface area contributed by atoms with Crippen LogP contribution in [0.4, 0.5) is 0 Å². The lowest BCUT2D eigenvalue weighted by atomic mass is 10.0. The Labute approximate surface area is 125 Å². The van der Waals surface area contributed by atoms with E-state index in [-0.39, 0.29) is 5.97 Å². The van der Waals surface area contributed by atoms with Gasteiger partial charge in [0.15, 0.2) is 5.79 Å². The first-order valence-corrected chi connectivity index (χ1v) is 8.25. The Balaban J connectivity index is 4.45. The zero-order valence-corrected chi connectivity index (χ0v) is 14.0. The van der Waals surface area contributed by atoms with Crippen LogP contribution < -0.4 is 0 Å². The Bertz CT molecular complexity index is 227. The van der Waals surface area contributed by atoms with E-state index in [1.807, 2.05) is 20.8 Å². The van der Waals surface area contributed by atoms with Crippen molar-refractivity contribution >= 4 is 21.9 Å². The average molecular weight is 339 g/mol. The van der Waals surface area contributed by atoms with Gasteiger partial charge in [-0.05, 0) is 33.6 Å². The fraction of sp³-hybridized carbons (Fsp3) is 0.929. The minimum Gasteiger partial charge on any atom is -0.466 e. The number of halogens is 1. The summed E-state index contributed by atoms with van der Waals surface area (Å²) in [5.74, 6) is -0.829. The molecule has 0 rings (SSSR count). The second kappa shape index (κ2) is 11.7. The van der Waals surface area contributed by atoms with Gasteiger partial charge in [-0.1, -0.05) is 15.9 Å². The summed E-state index contributed by atoms with van der Waals surface area (Å²) in [6.45, 7) is 7.28. The number of esters is 1. The summed E-state index contributed by atoms with van der Waals surface area (Å²) in [6.07, 6.45) is 3.77. The van der Waals surface area contributed by atoms with Crippen molar-refractivity contribution in [2.75, 3.05) is 25.2 Å². The van der Waals surface area contributed by atoms with Gasteiger partial charge in [-0.2, -0.15) is 0 Å². The van der Waals surface area contributed by atoms with Gasteiger partial charge in [0.05, 0.1) is 13.0 Å². The smallest absolute Gasteiger partial charge is 0.305 e. The van der Waals surface area contributed by atoms with Gasteiger partial charge in [0.25, 0.3) is 0 Å². The maximum Gasteiger partial charge on any atom is 0.305 e. The molecular formula is C14H27BrO4. The fourth-order valence-electron chi connectivity index (χ4n) is 2.00. The van der Waals surface area contributed by atoms with Gasteiger partial charge in [-0.25, -0.2) is 0 Å². The van der Waals surface area contributed by atoms with Crippen LogP contribution in [0.25, 0.3) is 0 Å². The van der Waals surface area contributed by atoms with Crippen molar-refractivity contribution < 1.29 is 19.0 Å². The molecule has 4 nitrogen and oxygen atoms in total. The van der Waals surface area contributed by atoms with Crippen LogP contribution in [0.3, 0.4) is 0 Å². The lowest BCUT2D eigenvalue weighted by Crippen LogP contribution is -2.37. The van der Waals surface area contributed by atoms with Crippen LogP contribution in [0.5, 0.6) is 0 Å². The van der Waals surface area contributed by atoms with Crippen molar-refractivity contribution in [1.82, 2.24) is 0 Å². The van der Waals surface area contributed by atoms with Crippen molar-refractivity contribution in [3.63, 3.8) is 0 Å². The summed E-state index contributed by atoms with van der Waals surface area (Å²) in [5.41, 5.74) is 0. The second-order valence-electron chi connectivity index (χ2n) is 4.23. The van der Waals surface area contributed by atoms with E-state index in [9.17, 15) is 4.79 Å². The number of hydrogen-bond donors (Lipinski definition) is 0. The highest BCUT2D eigenvalue weighted by atomic mass is 79.9. The van der Waals surface area contributed by atoms with Gasteiger partial charge in [0.2, 0.25) is 0 Å². The van der Waals surface area contributed by atoms with Crippen LogP contribution in [-0.4, -0.2) is 36.9 Å². The maximum atomic E-state index is 11.5. The third kappa shape index (κ3) is 8.60. The molecule has 0 unspecified atom stereocenters. The summed E-state index contributed by atoms with van der Waals surface area (Å²) in [4.78, 5) is 11.5. The summed E-state index contributed by atoms with van der Waals surface area (Å²) in [6, 6.07) is 0. The summed E-state index contributed by atoms with van der Waals surface area (Å²) in [5, 5.41) is 0.971. The van der Waals surface area contributed by atoms with Crippen LogP contribution >= 0.6 is 15.9 Å². The first-order chi connectivity index (χ1) is 9.14. The standard InChI is InChI=1S/C14H27BrO4/c1-4-17-13(16)9-11-14(18-5-2,19-6-3)10-7-8-12-15/h4-12H2,1-3H3. The Hall–Kier alpha value is -0.130. The van der Waals surface area contributed by atoms with E-state index < -0.39 is 5.79 Å². The molecule has 0 heterocycles. The van der Waals surface area contributed by atoms with Crippen molar-refractivity contribution in [2.24, 2.45) is 0 Å². The minimum absolute atomic E-state index is 0.188. The van der Waals surface area contributed by atoms with Gasteiger partial charge in [0, 0.05) is 31.4 Å². The van der Waals surface area contributed by atoms with Crippen LogP contribution in [0.15, 0.2) is 0 Å². The second-order valence-corrected chi connectivity index (χ2v) is 5.02. The molecule has 0 aromatic heterocycles. The van der Waals surface area contributed by atoms with E-state index >= 15 is 0 Å². The number of unbranched alkanes of at least 4 members (excludes halogenated alkanes) is 1. The third-order valence-corrected chi connectivity index (χ3v) is 3.33. The average Bonchev–Trinajstić information content (AvgIpc) is 2.38. The van der Waals surface area contributed by atoms with Crippen LogP contribution in [0, 0.1) is 0 Å². The Morgan fingerprint density at radius 2 is 1.63 bits per heavy atom. The van der Waals surface area contributed by atoms with Gasteiger partial charge in [-0.3, -0.25) is 4.79 Å². The van der Waals surface area contributed by atoms with Gasteiger partial charge in [-0.15, -0.1) is 0 Å². The highest BCUT2D eigenvalue weighted by Crippen LogP contribution is 2.27. The molecule has 0 atom stereocenters. The fourth-order valence-corrected chi connectivity index (χ4v) is 2.39. The van der Waals surface area contributed by atoms with Crippen molar-refractivity contribution in [1.29, 1.82) is 0 Å². The molecule has 0 amide bonds. The zero-order chi connectivity index (χ0) is 14.6. The van der Waals surface area contributed by atoms with E-state index in [1.54, 1.807) is 0 Å². The SMILES string of the molecule is CCOC(=O)CCC(CCCCBr)(OCC)OCC. The first-order valence-electron chi connectivity index (χ1n) is 7.13. The minimum atomic E-state index is -0.640. The van der Waals surface area contributed by atoms with Crippen LogP contribution in [0.1, 0.15) is 52.9 Å². The molecule has 0 aliphatic carbocycles. The normalized spacial score (nSPS) is 11.6. The van der Waals surface area contributed by atoms with E-state index in [2.05, 4.69) is 15.9 Å². The van der Waals surface area contributed by atoms with Gasteiger partial charge in [0.1, 0.15) is 0 Å². The van der Waals surface area contributed by atoms with Gasteiger partial charge >= 0.3 is 5.97 Å². The molecule has 0 spiro atoms. The molecule has 0 aromatic rings. The number of alkyl halides is 1. The lowest BCUT2D eigenvalue weighted by molar-refractivity contribution is -0.242. The van der Waals surface area contributed by atoms with Crippen LogP contribution in [-0.2, 0) is 19.0 Å². The molecular weight excluding hydrogens is 312 g/mol. The molecule has 0 radical (unpaired) electrons. The largest absolute Gasteiger partial charge is 0.466 e. The van der Waals surface area contributed by atoms with E-state index in [0.717, 1.165) is 24.6 Å². The maximum absolute atomic E-state index is 11.5. The zero-order valence-electron chi connectivity index (χ0n) is 12.4. The Kier molecular flexibility index (Phi) is 11.6. The Morgan fingerprint density at radius 1 is 1.00 bits per heavy atom. The molecule has 0 fully saturated rings. The number of carbonyl (C=O) groups excluding carboxylic acids is 1. The first kappa shape index (κ1) is 18.9. The predicted molar refractivity (Wildman–Crippen MR) is 79.5 cm³/mol. The lowest BCUT2D eigenvalue weighted by Gasteiger charge is -2.33. The number of rotatable bonds is 12. The molecule has 0 saturated heterocycles. The summed E-state index contributed by atoms with van der Waals surface area (Å²) < 4.78 is 16.6. The monoisotopic (exact) mass is 338 g/mol. The predicted octanol–water partition coefficient (Wildman–Crippen LogP) is 3.66. The molecule has 0 bridgehead atoms. The molecule has 19 heavy (non-hydrogen) atoms.